The fourth-order valence-corrected chi connectivity index (χ4v) is 3.93. The molecule has 3 amide bonds. The lowest BCUT2D eigenvalue weighted by atomic mass is 10.0. The second kappa shape index (κ2) is 12.7. The number of ether oxygens (including phenoxy) is 2. The summed E-state index contributed by atoms with van der Waals surface area (Å²) in [7, 11) is 1.21. The minimum atomic E-state index is -1.12. The molecule has 0 spiro atoms. The summed E-state index contributed by atoms with van der Waals surface area (Å²) in [5, 5.41) is 15.2. The van der Waals surface area contributed by atoms with E-state index in [-0.39, 0.29) is 18.3 Å². The Labute approximate surface area is 210 Å². The maximum absolute atomic E-state index is 13.8. The zero-order valence-electron chi connectivity index (χ0n) is 20.8. The standard InChI is InChI=1S/C24H35N3O7S/c1-24(2,3)34-23(32)26-18(11-12-35-5)22(31)27(16-9-10-16)20(15-7-6-8-17(28)13-15)21(30)25-14-19(29)33-4/h6-8,13,16,18,20,28H,9-12,14H2,1-5H3,(H,25,30)(H,26,32). The molecular formula is C24H35N3O7S. The van der Waals surface area contributed by atoms with Crippen LogP contribution in [0, 0.1) is 0 Å². The van der Waals surface area contributed by atoms with Crippen molar-refractivity contribution in [2.24, 2.45) is 0 Å². The largest absolute Gasteiger partial charge is 0.508 e. The highest BCUT2D eigenvalue weighted by Crippen LogP contribution is 2.36. The summed E-state index contributed by atoms with van der Waals surface area (Å²) in [6, 6.07) is 3.80. The number of aromatic hydroxyl groups is 1. The van der Waals surface area contributed by atoms with Crippen LogP contribution in [-0.4, -0.2) is 77.2 Å². The molecular weight excluding hydrogens is 474 g/mol. The van der Waals surface area contributed by atoms with Crippen LogP contribution in [0.15, 0.2) is 24.3 Å². The highest BCUT2D eigenvalue weighted by atomic mass is 32.2. The maximum atomic E-state index is 13.8. The molecule has 0 saturated heterocycles. The van der Waals surface area contributed by atoms with Crippen molar-refractivity contribution in [1.29, 1.82) is 0 Å². The summed E-state index contributed by atoms with van der Waals surface area (Å²) in [5.74, 6) is -1.14. The monoisotopic (exact) mass is 509 g/mol. The van der Waals surface area contributed by atoms with Crippen molar-refractivity contribution in [3.63, 3.8) is 0 Å². The number of methoxy groups -OCH3 is 1. The van der Waals surface area contributed by atoms with Gasteiger partial charge in [0.25, 0.3) is 0 Å². The number of rotatable bonds is 11. The van der Waals surface area contributed by atoms with E-state index in [0.29, 0.717) is 30.6 Å². The van der Waals surface area contributed by atoms with Gasteiger partial charge < -0.3 is 30.1 Å². The maximum Gasteiger partial charge on any atom is 0.408 e. The van der Waals surface area contributed by atoms with E-state index >= 15 is 0 Å². The molecule has 1 aromatic rings. The lowest BCUT2D eigenvalue weighted by molar-refractivity contribution is -0.145. The van der Waals surface area contributed by atoms with Crippen LogP contribution >= 0.6 is 11.8 Å². The van der Waals surface area contributed by atoms with Crippen LogP contribution in [-0.2, 0) is 23.9 Å². The number of phenols is 1. The van der Waals surface area contributed by atoms with Crippen LogP contribution in [0.5, 0.6) is 5.75 Å². The Bertz CT molecular complexity index is 915. The number of hydrogen-bond acceptors (Lipinski definition) is 8. The summed E-state index contributed by atoms with van der Waals surface area (Å²) < 4.78 is 9.95. The predicted molar refractivity (Wildman–Crippen MR) is 132 cm³/mol. The average molecular weight is 510 g/mol. The van der Waals surface area contributed by atoms with Crippen molar-refractivity contribution in [3.8, 4) is 5.75 Å². The molecule has 0 bridgehead atoms. The van der Waals surface area contributed by atoms with E-state index in [4.69, 9.17) is 4.74 Å². The molecule has 10 nitrogen and oxygen atoms in total. The minimum absolute atomic E-state index is 0.0673. The highest BCUT2D eigenvalue weighted by Gasteiger charge is 2.44. The first-order valence-corrected chi connectivity index (χ1v) is 12.8. The van der Waals surface area contributed by atoms with Gasteiger partial charge in [-0.3, -0.25) is 14.4 Å². The molecule has 35 heavy (non-hydrogen) atoms. The fourth-order valence-electron chi connectivity index (χ4n) is 3.45. The SMILES string of the molecule is COC(=O)CNC(=O)C(c1cccc(O)c1)N(C(=O)C(CCSC)NC(=O)OC(C)(C)C)C1CC1. The van der Waals surface area contributed by atoms with Crippen LogP contribution in [0.4, 0.5) is 4.79 Å². The molecule has 1 aliphatic rings. The Morgan fingerprint density at radius 3 is 2.46 bits per heavy atom. The second-order valence-electron chi connectivity index (χ2n) is 9.25. The van der Waals surface area contributed by atoms with Gasteiger partial charge in [0.05, 0.1) is 7.11 Å². The summed E-state index contributed by atoms with van der Waals surface area (Å²) in [6.07, 6.45) is 2.87. The van der Waals surface area contributed by atoms with E-state index < -0.39 is 41.6 Å². The molecule has 0 heterocycles. The summed E-state index contributed by atoms with van der Waals surface area (Å²) >= 11 is 1.52. The van der Waals surface area contributed by atoms with Gasteiger partial charge in [0.1, 0.15) is 30.0 Å². The van der Waals surface area contributed by atoms with Gasteiger partial charge in [-0.25, -0.2) is 4.79 Å². The minimum Gasteiger partial charge on any atom is -0.508 e. The summed E-state index contributed by atoms with van der Waals surface area (Å²) in [4.78, 5) is 52.7. The highest BCUT2D eigenvalue weighted by molar-refractivity contribution is 7.98. The number of nitrogens with zero attached hydrogens (tertiary/aromatic N) is 1. The zero-order valence-corrected chi connectivity index (χ0v) is 21.6. The van der Waals surface area contributed by atoms with Crippen molar-refractivity contribution in [2.45, 2.75) is 63.8 Å². The van der Waals surface area contributed by atoms with Crippen molar-refractivity contribution in [3.05, 3.63) is 29.8 Å². The molecule has 194 valence electrons. The van der Waals surface area contributed by atoms with Crippen LogP contribution < -0.4 is 10.6 Å². The number of nitrogens with one attached hydrogen (secondary N) is 2. The number of phenolic OH excluding ortho intramolecular Hbond substituents is 1. The van der Waals surface area contributed by atoms with E-state index in [2.05, 4.69) is 15.4 Å². The van der Waals surface area contributed by atoms with Gasteiger partial charge in [-0.2, -0.15) is 11.8 Å². The fraction of sp³-hybridized carbons (Fsp3) is 0.583. The van der Waals surface area contributed by atoms with Gasteiger partial charge in [-0.15, -0.1) is 0 Å². The van der Waals surface area contributed by atoms with E-state index in [1.165, 1.54) is 35.9 Å². The zero-order chi connectivity index (χ0) is 26.2. The van der Waals surface area contributed by atoms with Gasteiger partial charge in [0.15, 0.2) is 0 Å². The van der Waals surface area contributed by atoms with Gasteiger partial charge in [-0.1, -0.05) is 12.1 Å². The molecule has 2 rings (SSSR count). The van der Waals surface area contributed by atoms with E-state index in [9.17, 15) is 24.3 Å². The summed E-state index contributed by atoms with van der Waals surface area (Å²) in [5.41, 5.74) is -0.362. The van der Waals surface area contributed by atoms with Gasteiger partial charge in [0, 0.05) is 6.04 Å². The topological polar surface area (TPSA) is 134 Å². The number of carbonyl (C=O) groups is 4. The Morgan fingerprint density at radius 1 is 1.23 bits per heavy atom. The van der Waals surface area contributed by atoms with Gasteiger partial charge in [-0.05, 0) is 69.7 Å². The van der Waals surface area contributed by atoms with Crippen LogP contribution in [0.2, 0.25) is 0 Å². The molecule has 3 N–H and O–H groups in total. The van der Waals surface area contributed by atoms with E-state index in [1.54, 1.807) is 32.9 Å². The van der Waals surface area contributed by atoms with Crippen LogP contribution in [0.3, 0.4) is 0 Å². The number of hydrogen-bond donors (Lipinski definition) is 3. The smallest absolute Gasteiger partial charge is 0.408 e. The van der Waals surface area contributed by atoms with Gasteiger partial charge in [0.2, 0.25) is 11.8 Å². The van der Waals surface area contributed by atoms with E-state index in [1.807, 2.05) is 6.26 Å². The first-order valence-electron chi connectivity index (χ1n) is 11.4. The van der Waals surface area contributed by atoms with E-state index in [0.717, 1.165) is 0 Å². The Balaban J connectivity index is 2.40. The molecule has 0 radical (unpaired) electrons. The molecule has 0 aromatic heterocycles. The van der Waals surface area contributed by atoms with Crippen molar-refractivity contribution in [2.75, 3.05) is 25.7 Å². The first kappa shape index (κ1) is 28.3. The first-order chi connectivity index (χ1) is 16.5. The van der Waals surface area contributed by atoms with Crippen molar-refractivity contribution < 1.29 is 33.8 Å². The molecule has 1 saturated carbocycles. The average Bonchev–Trinajstić information content (AvgIpc) is 3.61. The Kier molecular flexibility index (Phi) is 10.2. The normalized spacial score (nSPS) is 14.9. The van der Waals surface area contributed by atoms with Crippen molar-refractivity contribution in [1.82, 2.24) is 15.5 Å². The lowest BCUT2D eigenvalue weighted by Gasteiger charge is -2.34. The molecule has 11 heteroatoms. The quantitative estimate of drug-likeness (QED) is 0.387. The third-order valence-electron chi connectivity index (χ3n) is 5.14. The second-order valence-corrected chi connectivity index (χ2v) is 10.2. The Morgan fingerprint density at radius 2 is 1.91 bits per heavy atom. The molecule has 2 unspecified atom stereocenters. The number of benzene rings is 1. The Hall–Kier alpha value is -2.95. The number of esters is 1. The predicted octanol–water partition coefficient (Wildman–Crippen LogP) is 2.36. The third-order valence-corrected chi connectivity index (χ3v) is 5.79. The van der Waals surface area contributed by atoms with Gasteiger partial charge >= 0.3 is 12.1 Å². The summed E-state index contributed by atoms with van der Waals surface area (Å²) in [6.45, 7) is 4.81. The van der Waals surface area contributed by atoms with Crippen molar-refractivity contribution >= 4 is 35.6 Å². The number of thioether (sulfide) groups is 1. The molecule has 1 aromatic carbocycles. The van der Waals surface area contributed by atoms with Crippen LogP contribution in [0.1, 0.15) is 51.6 Å². The molecule has 2 atom stereocenters. The molecule has 0 aliphatic heterocycles. The number of carbonyl (C=O) groups excluding carboxylic acids is 4. The number of alkyl carbamates (subject to hydrolysis) is 1. The third kappa shape index (κ3) is 8.97. The molecule has 1 fully saturated rings. The van der Waals surface area contributed by atoms with Crippen LogP contribution in [0.25, 0.3) is 0 Å². The molecule has 1 aliphatic carbocycles. The lowest BCUT2D eigenvalue weighted by Crippen LogP contribution is -2.54. The number of amides is 3.